The molecule has 3 N–H and O–H groups in total. The number of benzene rings is 1. The summed E-state index contributed by atoms with van der Waals surface area (Å²) in [4.78, 5) is 10.0. The van der Waals surface area contributed by atoms with Gasteiger partial charge in [0, 0.05) is 14.1 Å². The summed E-state index contributed by atoms with van der Waals surface area (Å²) in [5.41, 5.74) is 7.11. The molecule has 2 aromatic rings. The lowest BCUT2D eigenvalue weighted by atomic mass is 10.3. The lowest BCUT2D eigenvalue weighted by molar-refractivity contribution is 1.04. The molecular formula is C12H13Cl2N5. The molecule has 1 heterocycles. The van der Waals surface area contributed by atoms with Crippen LogP contribution in [0.1, 0.15) is 0 Å². The Morgan fingerprint density at radius 1 is 1.21 bits per heavy atom. The highest BCUT2D eigenvalue weighted by atomic mass is 35.5. The van der Waals surface area contributed by atoms with Crippen molar-refractivity contribution in [2.45, 2.75) is 0 Å². The van der Waals surface area contributed by atoms with Gasteiger partial charge in [-0.15, -0.1) is 0 Å². The zero-order valence-corrected chi connectivity index (χ0v) is 12.0. The fourth-order valence-electron chi connectivity index (χ4n) is 1.57. The average Bonchev–Trinajstić information content (AvgIpc) is 2.37. The molecule has 0 fully saturated rings. The van der Waals surface area contributed by atoms with Crippen molar-refractivity contribution < 1.29 is 0 Å². The molecule has 0 bridgehead atoms. The summed E-state index contributed by atoms with van der Waals surface area (Å²) >= 11 is 12.1. The third kappa shape index (κ3) is 2.83. The van der Waals surface area contributed by atoms with E-state index in [-0.39, 0.29) is 0 Å². The van der Waals surface area contributed by atoms with Gasteiger partial charge < -0.3 is 16.0 Å². The Hall–Kier alpha value is -1.72. The smallest absolute Gasteiger partial charge is 0.159 e. The van der Waals surface area contributed by atoms with Gasteiger partial charge in [0.1, 0.15) is 12.0 Å². The molecule has 0 aliphatic heterocycles. The van der Waals surface area contributed by atoms with Crippen LogP contribution in [0.25, 0.3) is 0 Å². The first-order valence-corrected chi connectivity index (χ1v) is 6.25. The van der Waals surface area contributed by atoms with Gasteiger partial charge in [0.25, 0.3) is 0 Å². The minimum atomic E-state index is 0.425. The van der Waals surface area contributed by atoms with E-state index in [1.807, 2.05) is 19.0 Å². The van der Waals surface area contributed by atoms with Crippen LogP contribution in [-0.2, 0) is 0 Å². The minimum Gasteiger partial charge on any atom is -0.393 e. The Morgan fingerprint density at radius 2 is 1.95 bits per heavy atom. The van der Waals surface area contributed by atoms with E-state index in [0.29, 0.717) is 33.1 Å². The van der Waals surface area contributed by atoms with E-state index in [4.69, 9.17) is 28.9 Å². The van der Waals surface area contributed by atoms with Crippen molar-refractivity contribution >= 4 is 46.2 Å². The number of anilines is 4. The van der Waals surface area contributed by atoms with E-state index in [0.717, 1.165) is 0 Å². The van der Waals surface area contributed by atoms with Gasteiger partial charge in [0.05, 0.1) is 15.7 Å². The maximum Gasteiger partial charge on any atom is 0.159 e. The highest BCUT2D eigenvalue weighted by Crippen LogP contribution is 2.33. The van der Waals surface area contributed by atoms with Crippen LogP contribution in [0.15, 0.2) is 24.5 Å². The van der Waals surface area contributed by atoms with E-state index in [1.54, 1.807) is 18.2 Å². The zero-order chi connectivity index (χ0) is 14.0. The second-order valence-corrected chi connectivity index (χ2v) is 4.87. The molecular weight excluding hydrogens is 285 g/mol. The van der Waals surface area contributed by atoms with Gasteiger partial charge in [-0.2, -0.15) is 0 Å². The fourth-order valence-corrected chi connectivity index (χ4v) is 1.92. The van der Waals surface area contributed by atoms with Crippen molar-refractivity contribution in [3.63, 3.8) is 0 Å². The molecule has 2 rings (SSSR count). The molecule has 0 amide bonds. The summed E-state index contributed by atoms with van der Waals surface area (Å²) in [6.07, 6.45) is 1.44. The quantitative estimate of drug-likeness (QED) is 0.911. The molecule has 0 saturated carbocycles. The van der Waals surface area contributed by atoms with Crippen molar-refractivity contribution in [2.24, 2.45) is 0 Å². The van der Waals surface area contributed by atoms with Gasteiger partial charge in [0.15, 0.2) is 11.6 Å². The zero-order valence-electron chi connectivity index (χ0n) is 10.5. The Balaban J connectivity index is 2.39. The lowest BCUT2D eigenvalue weighted by Crippen LogP contribution is -2.14. The first-order valence-electron chi connectivity index (χ1n) is 5.49. The number of rotatable bonds is 3. The van der Waals surface area contributed by atoms with Crippen LogP contribution in [0, 0.1) is 0 Å². The van der Waals surface area contributed by atoms with Crippen molar-refractivity contribution in [1.82, 2.24) is 9.97 Å². The van der Waals surface area contributed by atoms with Gasteiger partial charge in [-0.1, -0.05) is 29.3 Å². The molecule has 7 heteroatoms. The van der Waals surface area contributed by atoms with Gasteiger partial charge in [-0.3, -0.25) is 0 Å². The number of halogens is 2. The number of nitrogens with zero attached hydrogens (tertiary/aromatic N) is 3. The van der Waals surface area contributed by atoms with E-state index in [2.05, 4.69) is 15.3 Å². The van der Waals surface area contributed by atoms with Crippen molar-refractivity contribution in [3.05, 3.63) is 34.6 Å². The van der Waals surface area contributed by atoms with E-state index >= 15 is 0 Å². The Morgan fingerprint density at radius 3 is 2.63 bits per heavy atom. The number of hydrogen-bond donors (Lipinski definition) is 2. The van der Waals surface area contributed by atoms with Gasteiger partial charge in [-0.05, 0) is 12.1 Å². The summed E-state index contributed by atoms with van der Waals surface area (Å²) in [5, 5.41) is 3.95. The second kappa shape index (κ2) is 5.50. The largest absolute Gasteiger partial charge is 0.393 e. The van der Waals surface area contributed by atoms with Crippen LogP contribution in [-0.4, -0.2) is 24.1 Å². The molecule has 0 spiro atoms. The Labute approximate surface area is 121 Å². The summed E-state index contributed by atoms with van der Waals surface area (Å²) < 4.78 is 0. The SMILES string of the molecule is CN(C)c1ncnc(Nc2cccc(Cl)c2Cl)c1N. The molecule has 1 aromatic heterocycles. The normalized spacial score (nSPS) is 10.3. The monoisotopic (exact) mass is 297 g/mol. The maximum absolute atomic E-state index is 6.11. The van der Waals surface area contributed by atoms with Crippen LogP contribution < -0.4 is 16.0 Å². The van der Waals surface area contributed by atoms with E-state index < -0.39 is 0 Å². The maximum atomic E-state index is 6.11. The highest BCUT2D eigenvalue weighted by molar-refractivity contribution is 6.43. The summed E-state index contributed by atoms with van der Waals surface area (Å²) in [6.45, 7) is 0. The van der Waals surface area contributed by atoms with Gasteiger partial charge >= 0.3 is 0 Å². The van der Waals surface area contributed by atoms with Crippen LogP contribution in [0.5, 0.6) is 0 Å². The van der Waals surface area contributed by atoms with Crippen LogP contribution >= 0.6 is 23.2 Å². The lowest BCUT2D eigenvalue weighted by Gasteiger charge is -2.16. The Kier molecular flexibility index (Phi) is 3.97. The molecule has 0 saturated heterocycles. The van der Waals surface area contributed by atoms with Crippen molar-refractivity contribution in [1.29, 1.82) is 0 Å². The van der Waals surface area contributed by atoms with Crippen LogP contribution in [0.2, 0.25) is 10.0 Å². The van der Waals surface area contributed by atoms with Crippen molar-refractivity contribution in [2.75, 3.05) is 30.0 Å². The predicted molar refractivity (Wildman–Crippen MR) is 80.5 cm³/mol. The first kappa shape index (κ1) is 13.7. The van der Waals surface area contributed by atoms with Crippen molar-refractivity contribution in [3.8, 4) is 0 Å². The molecule has 0 aliphatic carbocycles. The molecule has 0 atom stereocenters. The summed E-state index contributed by atoms with van der Waals surface area (Å²) in [6, 6.07) is 5.30. The summed E-state index contributed by atoms with van der Waals surface area (Å²) in [7, 11) is 3.71. The number of hydrogen-bond acceptors (Lipinski definition) is 5. The third-order valence-electron chi connectivity index (χ3n) is 2.49. The second-order valence-electron chi connectivity index (χ2n) is 4.08. The van der Waals surface area contributed by atoms with Gasteiger partial charge in [0.2, 0.25) is 0 Å². The van der Waals surface area contributed by atoms with Crippen LogP contribution in [0.3, 0.4) is 0 Å². The highest BCUT2D eigenvalue weighted by Gasteiger charge is 2.11. The molecule has 0 aliphatic rings. The van der Waals surface area contributed by atoms with Crippen LogP contribution in [0.4, 0.5) is 23.0 Å². The average molecular weight is 298 g/mol. The molecule has 0 unspecified atom stereocenters. The van der Waals surface area contributed by atoms with E-state index in [9.17, 15) is 0 Å². The standard InChI is InChI=1S/C12H13Cl2N5/c1-19(2)12-10(15)11(16-6-17-12)18-8-5-3-4-7(13)9(8)14/h3-6H,15H2,1-2H3,(H,16,17,18). The molecule has 19 heavy (non-hydrogen) atoms. The number of nitrogen functional groups attached to an aromatic ring is 1. The third-order valence-corrected chi connectivity index (χ3v) is 3.31. The molecule has 5 nitrogen and oxygen atoms in total. The number of nitrogens with two attached hydrogens (primary N) is 1. The van der Waals surface area contributed by atoms with E-state index in [1.165, 1.54) is 6.33 Å². The fraction of sp³-hybridized carbons (Fsp3) is 0.167. The molecule has 0 radical (unpaired) electrons. The first-order chi connectivity index (χ1) is 9.00. The Bertz CT molecular complexity index is 601. The number of aromatic nitrogens is 2. The minimum absolute atomic E-state index is 0.425. The number of nitrogens with one attached hydrogen (secondary N) is 1. The predicted octanol–water partition coefficient (Wildman–Crippen LogP) is 3.18. The topological polar surface area (TPSA) is 67.1 Å². The summed E-state index contributed by atoms with van der Waals surface area (Å²) in [5.74, 6) is 1.12. The molecule has 1 aromatic carbocycles. The molecule has 100 valence electrons. The van der Waals surface area contributed by atoms with Gasteiger partial charge in [-0.25, -0.2) is 9.97 Å².